The van der Waals surface area contributed by atoms with Gasteiger partial charge in [0, 0.05) is 10.9 Å². The summed E-state index contributed by atoms with van der Waals surface area (Å²) in [6.45, 7) is 2.17. The molecule has 4 rings (SSSR count). The van der Waals surface area contributed by atoms with E-state index in [9.17, 15) is 0 Å². The van der Waals surface area contributed by atoms with Crippen LogP contribution in [0.15, 0.2) is 72.1 Å². The third-order valence-corrected chi connectivity index (χ3v) is 5.40. The van der Waals surface area contributed by atoms with Gasteiger partial charge in [0.1, 0.15) is 5.75 Å². The molecule has 0 aliphatic rings. The van der Waals surface area contributed by atoms with Crippen molar-refractivity contribution in [1.29, 1.82) is 0 Å². The van der Waals surface area contributed by atoms with Gasteiger partial charge in [0.15, 0.2) is 0 Å². The molecule has 0 saturated heterocycles. The minimum Gasteiger partial charge on any atom is -0.495 e. The van der Waals surface area contributed by atoms with Crippen molar-refractivity contribution < 1.29 is 4.74 Å². The molecule has 1 heterocycles. The molecule has 0 spiro atoms. The molecule has 0 atom stereocenters. The van der Waals surface area contributed by atoms with Crippen molar-refractivity contribution in [2.75, 3.05) is 7.11 Å². The van der Waals surface area contributed by atoms with Gasteiger partial charge in [-0.25, -0.2) is 0 Å². The Labute approximate surface area is 146 Å². The van der Waals surface area contributed by atoms with E-state index in [0.717, 1.165) is 5.75 Å². The van der Waals surface area contributed by atoms with Crippen LogP contribution in [0.4, 0.5) is 0 Å². The molecule has 0 radical (unpaired) electrons. The van der Waals surface area contributed by atoms with Crippen LogP contribution in [-0.2, 0) is 0 Å². The van der Waals surface area contributed by atoms with E-state index in [1.54, 1.807) is 18.4 Å². The van der Waals surface area contributed by atoms with Crippen molar-refractivity contribution in [2.45, 2.75) is 6.92 Å². The van der Waals surface area contributed by atoms with Gasteiger partial charge in [-0.05, 0) is 34.4 Å². The minimum atomic E-state index is 0.964. The lowest BCUT2D eigenvalue weighted by Crippen LogP contribution is -1.90. The largest absolute Gasteiger partial charge is 0.495 e. The quantitative estimate of drug-likeness (QED) is 0.414. The second-order valence-electron chi connectivity index (χ2n) is 5.86. The highest BCUT2D eigenvalue weighted by Crippen LogP contribution is 2.46. The highest BCUT2D eigenvalue weighted by Gasteiger charge is 2.18. The number of aryl methyl sites for hydroxylation is 1. The van der Waals surface area contributed by atoms with Gasteiger partial charge in [0.25, 0.3) is 0 Å². The van der Waals surface area contributed by atoms with Crippen LogP contribution < -0.4 is 4.74 Å². The van der Waals surface area contributed by atoms with Crippen molar-refractivity contribution in [2.24, 2.45) is 0 Å². The first-order valence-corrected chi connectivity index (χ1v) is 8.87. The molecule has 0 aliphatic carbocycles. The van der Waals surface area contributed by atoms with Gasteiger partial charge in [-0.1, -0.05) is 66.7 Å². The molecule has 0 unspecified atom stereocenters. The van der Waals surface area contributed by atoms with E-state index in [2.05, 4.69) is 73.0 Å². The predicted octanol–water partition coefficient (Wildman–Crippen LogP) is 6.55. The van der Waals surface area contributed by atoms with Gasteiger partial charge in [0.2, 0.25) is 0 Å². The zero-order chi connectivity index (χ0) is 16.5. The van der Waals surface area contributed by atoms with Crippen LogP contribution >= 0.6 is 11.3 Å². The predicted molar refractivity (Wildman–Crippen MR) is 104 cm³/mol. The summed E-state index contributed by atoms with van der Waals surface area (Å²) >= 11 is 1.74. The molecule has 0 N–H and O–H groups in total. The topological polar surface area (TPSA) is 9.23 Å². The molecule has 0 fully saturated rings. The number of hydrogen-bond donors (Lipinski definition) is 0. The fourth-order valence-electron chi connectivity index (χ4n) is 3.25. The lowest BCUT2D eigenvalue weighted by atomic mass is 9.94. The monoisotopic (exact) mass is 330 g/mol. The molecule has 0 saturated carbocycles. The number of hydrogen-bond acceptors (Lipinski definition) is 2. The van der Waals surface area contributed by atoms with Gasteiger partial charge in [0.05, 0.1) is 12.0 Å². The third-order valence-electron chi connectivity index (χ3n) is 4.39. The number of benzene rings is 3. The molecule has 24 heavy (non-hydrogen) atoms. The van der Waals surface area contributed by atoms with E-state index in [4.69, 9.17) is 4.74 Å². The summed E-state index contributed by atoms with van der Waals surface area (Å²) in [5.41, 5.74) is 4.91. The lowest BCUT2D eigenvalue weighted by molar-refractivity contribution is 0.419. The van der Waals surface area contributed by atoms with Crippen LogP contribution in [0.3, 0.4) is 0 Å². The Balaban J connectivity index is 1.99. The summed E-state index contributed by atoms with van der Waals surface area (Å²) in [6.07, 6.45) is 0. The highest BCUT2D eigenvalue weighted by atomic mass is 32.1. The molecular weight excluding hydrogens is 312 g/mol. The fourth-order valence-corrected chi connectivity index (χ4v) is 4.28. The Hall–Kier alpha value is -2.58. The summed E-state index contributed by atoms with van der Waals surface area (Å²) in [5.74, 6) is 0.964. The normalized spacial score (nSPS) is 10.9. The van der Waals surface area contributed by atoms with E-state index in [-0.39, 0.29) is 0 Å². The van der Waals surface area contributed by atoms with E-state index in [0.29, 0.717) is 0 Å². The first kappa shape index (κ1) is 15.0. The molecule has 1 aromatic heterocycles. The summed E-state index contributed by atoms with van der Waals surface area (Å²) < 4.78 is 5.84. The Morgan fingerprint density at radius 1 is 0.833 bits per heavy atom. The molecule has 2 heteroatoms. The van der Waals surface area contributed by atoms with E-state index in [1.165, 1.54) is 37.9 Å². The summed E-state index contributed by atoms with van der Waals surface area (Å²) in [5, 5.41) is 4.75. The Bertz CT molecular complexity index is 999. The number of rotatable bonds is 3. The molecule has 4 aromatic rings. The van der Waals surface area contributed by atoms with E-state index >= 15 is 0 Å². The van der Waals surface area contributed by atoms with Gasteiger partial charge in [-0.3, -0.25) is 0 Å². The van der Waals surface area contributed by atoms with Gasteiger partial charge in [-0.15, -0.1) is 11.3 Å². The average molecular weight is 330 g/mol. The van der Waals surface area contributed by atoms with Crippen molar-refractivity contribution in [1.82, 2.24) is 0 Å². The smallest absolute Gasteiger partial charge is 0.145 e. The number of thiophene rings is 1. The molecular formula is C22H18OS. The first-order valence-electron chi connectivity index (χ1n) is 7.99. The zero-order valence-electron chi connectivity index (χ0n) is 13.7. The maximum atomic E-state index is 5.84. The second-order valence-corrected chi connectivity index (χ2v) is 6.74. The Morgan fingerprint density at radius 2 is 1.58 bits per heavy atom. The molecule has 118 valence electrons. The standard InChI is InChI=1S/C22H18OS/c1-15-12-13-16-8-6-7-11-18(16)20(15)19-14-24-22(21(19)23-2)17-9-4-3-5-10-17/h3-14H,1-2H3. The van der Waals surface area contributed by atoms with Crippen LogP contribution in [-0.4, -0.2) is 7.11 Å². The Morgan fingerprint density at radius 3 is 2.38 bits per heavy atom. The minimum absolute atomic E-state index is 0.964. The Kier molecular flexibility index (Phi) is 3.83. The summed E-state index contributed by atoms with van der Waals surface area (Å²) in [6, 6.07) is 23.4. The molecule has 0 bridgehead atoms. The lowest BCUT2D eigenvalue weighted by Gasteiger charge is -2.12. The second kappa shape index (κ2) is 6.14. The maximum Gasteiger partial charge on any atom is 0.145 e. The van der Waals surface area contributed by atoms with Crippen molar-refractivity contribution >= 4 is 22.1 Å². The van der Waals surface area contributed by atoms with Gasteiger partial charge >= 0.3 is 0 Å². The fraction of sp³-hybridized carbons (Fsp3) is 0.0909. The van der Waals surface area contributed by atoms with E-state index < -0.39 is 0 Å². The van der Waals surface area contributed by atoms with Crippen LogP contribution in [0.25, 0.3) is 32.3 Å². The average Bonchev–Trinajstić information content (AvgIpc) is 3.06. The van der Waals surface area contributed by atoms with Crippen molar-refractivity contribution in [3.63, 3.8) is 0 Å². The zero-order valence-corrected chi connectivity index (χ0v) is 14.6. The number of fused-ring (bicyclic) bond motifs is 1. The van der Waals surface area contributed by atoms with Crippen LogP contribution in [0, 0.1) is 6.92 Å². The molecule has 3 aromatic carbocycles. The van der Waals surface area contributed by atoms with Crippen LogP contribution in [0.1, 0.15) is 5.56 Å². The molecule has 0 aliphatic heterocycles. The number of methoxy groups -OCH3 is 1. The molecule has 0 amide bonds. The highest BCUT2D eigenvalue weighted by molar-refractivity contribution is 7.14. The van der Waals surface area contributed by atoms with Crippen LogP contribution in [0.5, 0.6) is 5.75 Å². The van der Waals surface area contributed by atoms with Crippen molar-refractivity contribution in [3.05, 3.63) is 77.7 Å². The van der Waals surface area contributed by atoms with E-state index in [1.807, 2.05) is 6.07 Å². The maximum absolute atomic E-state index is 5.84. The van der Waals surface area contributed by atoms with Crippen LogP contribution in [0.2, 0.25) is 0 Å². The third kappa shape index (κ3) is 2.40. The first-order chi connectivity index (χ1) is 11.8. The SMILES string of the molecule is COc1c(-c2c(C)ccc3ccccc23)csc1-c1ccccc1. The molecule has 1 nitrogen and oxygen atoms in total. The van der Waals surface area contributed by atoms with Gasteiger partial charge < -0.3 is 4.74 Å². The summed E-state index contributed by atoms with van der Waals surface area (Å²) in [7, 11) is 1.76. The summed E-state index contributed by atoms with van der Waals surface area (Å²) in [4.78, 5) is 1.18. The van der Waals surface area contributed by atoms with Gasteiger partial charge in [-0.2, -0.15) is 0 Å². The van der Waals surface area contributed by atoms with Crippen molar-refractivity contribution in [3.8, 4) is 27.3 Å². The number of ether oxygens (including phenoxy) is 1.